The second-order valence-electron chi connectivity index (χ2n) is 6.42. The second-order valence-corrected chi connectivity index (χ2v) is 8.19. The van der Waals surface area contributed by atoms with Crippen molar-refractivity contribution in [1.29, 1.82) is 0 Å². The quantitative estimate of drug-likeness (QED) is 0.620. The summed E-state index contributed by atoms with van der Waals surface area (Å²) in [6.07, 6.45) is 0. The van der Waals surface area contributed by atoms with Gasteiger partial charge in [0.1, 0.15) is 5.03 Å². The third-order valence-electron chi connectivity index (χ3n) is 4.25. The van der Waals surface area contributed by atoms with E-state index in [2.05, 4.69) is 10.4 Å². The van der Waals surface area contributed by atoms with Gasteiger partial charge in [-0.3, -0.25) is 9.59 Å². The number of rotatable bonds is 5. The molecule has 2 aromatic carbocycles. The first-order chi connectivity index (χ1) is 13.3. The van der Waals surface area contributed by atoms with Crippen LogP contribution >= 0.6 is 23.4 Å². The fraction of sp³-hybridized carbons (Fsp3) is 0.190. The molecule has 5 nitrogen and oxygen atoms in total. The maximum Gasteiger partial charge on any atom is 0.271 e. The largest absolute Gasteiger partial charge is 0.325 e. The van der Waals surface area contributed by atoms with Crippen LogP contribution in [0.15, 0.2) is 64.4 Å². The molecule has 0 radical (unpaired) electrons. The van der Waals surface area contributed by atoms with E-state index in [1.165, 1.54) is 22.5 Å². The molecule has 1 aromatic heterocycles. The third-order valence-corrected chi connectivity index (χ3v) is 5.68. The molecule has 1 amide bonds. The van der Waals surface area contributed by atoms with Crippen LogP contribution in [0.5, 0.6) is 0 Å². The molecule has 0 saturated carbocycles. The average molecular weight is 414 g/mol. The highest BCUT2D eigenvalue weighted by Gasteiger charge is 2.17. The lowest BCUT2D eigenvalue weighted by Crippen LogP contribution is -2.24. The molecule has 3 aromatic rings. The summed E-state index contributed by atoms with van der Waals surface area (Å²) in [4.78, 5) is 24.8. The SMILES string of the molecule is Cc1ccc(-n2nc(S[C@@H](C)C(=O)Nc3ccccc3C)ccc2=O)cc1Cl. The van der Waals surface area contributed by atoms with Crippen LogP contribution in [0, 0.1) is 13.8 Å². The maximum atomic E-state index is 12.5. The molecule has 0 spiro atoms. The van der Waals surface area contributed by atoms with E-state index in [0.717, 1.165) is 16.8 Å². The molecule has 1 heterocycles. The van der Waals surface area contributed by atoms with Gasteiger partial charge in [0.15, 0.2) is 0 Å². The highest BCUT2D eigenvalue weighted by Crippen LogP contribution is 2.23. The van der Waals surface area contributed by atoms with Gasteiger partial charge in [0.25, 0.3) is 5.56 Å². The van der Waals surface area contributed by atoms with Gasteiger partial charge < -0.3 is 5.32 Å². The number of thioether (sulfide) groups is 1. The summed E-state index contributed by atoms with van der Waals surface area (Å²) in [5.74, 6) is -0.128. The van der Waals surface area contributed by atoms with Crippen LogP contribution in [-0.2, 0) is 4.79 Å². The molecular weight excluding hydrogens is 394 g/mol. The molecule has 0 fully saturated rings. The van der Waals surface area contributed by atoms with Gasteiger partial charge in [-0.1, -0.05) is 47.6 Å². The summed E-state index contributed by atoms with van der Waals surface area (Å²) >= 11 is 7.46. The lowest BCUT2D eigenvalue weighted by Gasteiger charge is -2.14. The Labute approximate surface area is 172 Å². The van der Waals surface area contributed by atoms with Gasteiger partial charge in [0.05, 0.1) is 10.9 Å². The molecule has 0 saturated heterocycles. The molecule has 0 unspecified atom stereocenters. The van der Waals surface area contributed by atoms with Crippen LogP contribution < -0.4 is 10.9 Å². The van der Waals surface area contributed by atoms with E-state index in [0.29, 0.717) is 15.7 Å². The maximum absolute atomic E-state index is 12.5. The number of benzene rings is 2. The molecule has 1 atom stereocenters. The molecule has 0 aliphatic heterocycles. The molecular formula is C21H20ClN3O2S. The van der Waals surface area contributed by atoms with E-state index in [9.17, 15) is 9.59 Å². The summed E-state index contributed by atoms with van der Waals surface area (Å²) in [5.41, 5.74) is 3.02. The number of anilines is 1. The predicted octanol–water partition coefficient (Wildman–Crippen LogP) is 4.62. The van der Waals surface area contributed by atoms with Gasteiger partial charge in [0.2, 0.25) is 5.91 Å². The van der Waals surface area contributed by atoms with Gasteiger partial charge in [-0.25, -0.2) is 0 Å². The Morgan fingerprint density at radius 3 is 2.57 bits per heavy atom. The van der Waals surface area contributed by atoms with Crippen LogP contribution in [0.3, 0.4) is 0 Å². The van der Waals surface area contributed by atoms with E-state index in [-0.39, 0.29) is 16.7 Å². The van der Waals surface area contributed by atoms with Crippen LogP contribution in [0.4, 0.5) is 5.69 Å². The van der Waals surface area contributed by atoms with E-state index < -0.39 is 0 Å². The van der Waals surface area contributed by atoms with Gasteiger partial charge in [0, 0.05) is 16.8 Å². The Kier molecular flexibility index (Phi) is 6.21. The van der Waals surface area contributed by atoms with Crippen molar-refractivity contribution in [3.8, 4) is 5.69 Å². The highest BCUT2D eigenvalue weighted by atomic mass is 35.5. The van der Waals surface area contributed by atoms with Gasteiger partial charge >= 0.3 is 0 Å². The zero-order valence-corrected chi connectivity index (χ0v) is 17.3. The zero-order chi connectivity index (χ0) is 20.3. The topological polar surface area (TPSA) is 64.0 Å². The second kappa shape index (κ2) is 8.63. The zero-order valence-electron chi connectivity index (χ0n) is 15.8. The van der Waals surface area contributed by atoms with E-state index in [1.807, 2.05) is 44.2 Å². The van der Waals surface area contributed by atoms with Gasteiger partial charge in [-0.05, 0) is 56.2 Å². The normalized spacial score (nSPS) is 11.9. The molecule has 0 aliphatic carbocycles. The van der Waals surface area contributed by atoms with Gasteiger partial charge in [-0.2, -0.15) is 9.78 Å². The number of carbonyl (C=O) groups excluding carboxylic acids is 1. The van der Waals surface area contributed by atoms with Crippen molar-refractivity contribution in [3.63, 3.8) is 0 Å². The summed E-state index contributed by atoms with van der Waals surface area (Å²) in [5, 5.41) is 8.07. The van der Waals surface area contributed by atoms with Crippen LogP contribution in [0.25, 0.3) is 5.69 Å². The van der Waals surface area contributed by atoms with Crippen molar-refractivity contribution in [1.82, 2.24) is 9.78 Å². The van der Waals surface area contributed by atoms with Gasteiger partial charge in [-0.15, -0.1) is 0 Å². The number of nitrogens with one attached hydrogen (secondary N) is 1. The molecule has 28 heavy (non-hydrogen) atoms. The third kappa shape index (κ3) is 4.64. The summed E-state index contributed by atoms with van der Waals surface area (Å²) in [6, 6.07) is 16.0. The van der Waals surface area contributed by atoms with Crippen molar-refractivity contribution in [2.45, 2.75) is 31.0 Å². The first kappa shape index (κ1) is 20.2. The number of amides is 1. The molecule has 1 N–H and O–H groups in total. The van der Waals surface area contributed by atoms with E-state index in [1.54, 1.807) is 25.1 Å². The Hall–Kier alpha value is -2.57. The number of nitrogens with zero attached hydrogens (tertiary/aromatic N) is 2. The molecule has 144 valence electrons. The van der Waals surface area contributed by atoms with E-state index in [4.69, 9.17) is 11.6 Å². The van der Waals surface area contributed by atoms with Crippen LogP contribution in [0.1, 0.15) is 18.1 Å². The van der Waals surface area contributed by atoms with E-state index >= 15 is 0 Å². The van der Waals surface area contributed by atoms with Crippen molar-refractivity contribution in [3.05, 3.63) is 81.1 Å². The number of para-hydroxylation sites is 1. The fourth-order valence-corrected chi connectivity index (χ4v) is 3.52. The number of carbonyl (C=O) groups is 1. The minimum atomic E-state index is -0.389. The number of aromatic nitrogens is 2. The lowest BCUT2D eigenvalue weighted by atomic mass is 10.2. The van der Waals surface area contributed by atoms with Crippen molar-refractivity contribution < 1.29 is 4.79 Å². The molecule has 0 bridgehead atoms. The first-order valence-corrected chi connectivity index (χ1v) is 10.0. The number of hydrogen-bond donors (Lipinski definition) is 1. The van der Waals surface area contributed by atoms with Crippen LogP contribution in [-0.4, -0.2) is 20.9 Å². The molecule has 7 heteroatoms. The lowest BCUT2D eigenvalue weighted by molar-refractivity contribution is -0.115. The Morgan fingerprint density at radius 1 is 1.11 bits per heavy atom. The van der Waals surface area contributed by atoms with Crippen molar-refractivity contribution in [2.24, 2.45) is 0 Å². The highest BCUT2D eigenvalue weighted by molar-refractivity contribution is 8.00. The molecule has 3 rings (SSSR count). The molecule has 0 aliphatic rings. The minimum absolute atomic E-state index is 0.128. The standard InChI is InChI=1S/C21H20ClN3O2S/c1-13-8-9-16(12-17(13)22)25-20(26)11-10-19(24-25)28-15(3)21(27)23-18-7-5-4-6-14(18)2/h4-12,15H,1-3H3,(H,23,27)/t15-/m0/s1. The summed E-state index contributed by atoms with van der Waals surface area (Å²) < 4.78 is 1.29. The smallest absolute Gasteiger partial charge is 0.271 e. The number of aryl methyl sites for hydroxylation is 2. The Morgan fingerprint density at radius 2 is 1.86 bits per heavy atom. The predicted molar refractivity (Wildman–Crippen MR) is 115 cm³/mol. The fourth-order valence-electron chi connectivity index (χ4n) is 2.54. The summed E-state index contributed by atoms with van der Waals surface area (Å²) in [7, 11) is 0. The minimum Gasteiger partial charge on any atom is -0.325 e. The Bertz CT molecular complexity index is 1080. The number of hydrogen-bond acceptors (Lipinski definition) is 4. The Balaban J connectivity index is 1.79. The van der Waals surface area contributed by atoms with Crippen LogP contribution in [0.2, 0.25) is 5.02 Å². The van der Waals surface area contributed by atoms with Crippen molar-refractivity contribution >= 4 is 35.0 Å². The first-order valence-electron chi connectivity index (χ1n) is 8.75. The number of halogens is 1. The monoisotopic (exact) mass is 413 g/mol. The average Bonchev–Trinajstić information content (AvgIpc) is 2.67. The van der Waals surface area contributed by atoms with Crippen molar-refractivity contribution in [2.75, 3.05) is 5.32 Å². The summed E-state index contributed by atoms with van der Waals surface area (Å²) in [6.45, 7) is 5.64.